The Morgan fingerprint density at radius 2 is 2.22 bits per heavy atom. The van der Waals surface area contributed by atoms with E-state index < -0.39 is 5.97 Å². The number of imidazole rings is 1. The average Bonchev–Trinajstić information content (AvgIpc) is 2.71. The minimum atomic E-state index is -1.03. The largest absolute Gasteiger partial charge is 0.496 e. The van der Waals surface area contributed by atoms with Gasteiger partial charge in [0.15, 0.2) is 5.69 Å². The molecule has 0 spiro atoms. The predicted molar refractivity (Wildman–Crippen MR) is 70.0 cm³/mol. The molecule has 0 radical (unpaired) electrons. The first-order valence-corrected chi connectivity index (χ1v) is 5.96. The number of nitrogens with one attached hydrogen (secondary N) is 1. The van der Waals surface area contributed by atoms with Gasteiger partial charge in [0, 0.05) is 5.56 Å². The molecule has 18 heavy (non-hydrogen) atoms. The van der Waals surface area contributed by atoms with Crippen LogP contribution in [0.5, 0.6) is 5.75 Å². The molecule has 5 nitrogen and oxygen atoms in total. The number of ether oxygens (including phenoxy) is 1. The summed E-state index contributed by atoms with van der Waals surface area (Å²) in [5.41, 5.74) is 1.22. The molecule has 2 aromatic rings. The SMILES string of the molecule is COc1ccc(-c2nc(C)[nH]c2C(=O)O)cc1Br. The second kappa shape index (κ2) is 4.81. The number of carboxylic acids is 1. The zero-order chi connectivity index (χ0) is 13.3. The molecule has 0 saturated carbocycles. The number of benzene rings is 1. The highest BCUT2D eigenvalue weighted by molar-refractivity contribution is 9.10. The van der Waals surface area contributed by atoms with Crippen LogP contribution in [0, 0.1) is 6.92 Å². The van der Waals surface area contributed by atoms with Crippen molar-refractivity contribution in [1.82, 2.24) is 9.97 Å². The number of nitrogens with zero attached hydrogens (tertiary/aromatic N) is 1. The molecule has 2 rings (SSSR count). The number of H-pyrrole nitrogens is 1. The number of halogens is 1. The molecule has 0 aliphatic heterocycles. The topological polar surface area (TPSA) is 75.2 Å². The Bertz CT molecular complexity index is 607. The van der Waals surface area contributed by atoms with Gasteiger partial charge in [-0.1, -0.05) is 0 Å². The molecule has 2 N–H and O–H groups in total. The Hall–Kier alpha value is -1.82. The third-order valence-corrected chi connectivity index (χ3v) is 3.08. The quantitative estimate of drug-likeness (QED) is 0.914. The first-order valence-electron chi connectivity index (χ1n) is 5.16. The number of hydrogen-bond acceptors (Lipinski definition) is 3. The summed E-state index contributed by atoms with van der Waals surface area (Å²) >= 11 is 3.36. The van der Waals surface area contributed by atoms with Crippen LogP contribution in [0.1, 0.15) is 16.3 Å². The van der Waals surface area contributed by atoms with Gasteiger partial charge >= 0.3 is 5.97 Å². The van der Waals surface area contributed by atoms with Crippen LogP contribution in [-0.4, -0.2) is 28.2 Å². The number of aryl methyl sites for hydroxylation is 1. The zero-order valence-electron chi connectivity index (χ0n) is 9.82. The molecular weight excluding hydrogens is 300 g/mol. The van der Waals surface area contributed by atoms with E-state index in [2.05, 4.69) is 25.9 Å². The number of aromatic amines is 1. The lowest BCUT2D eigenvalue weighted by Gasteiger charge is -2.05. The molecule has 0 fully saturated rings. The lowest BCUT2D eigenvalue weighted by Crippen LogP contribution is -1.99. The highest BCUT2D eigenvalue weighted by atomic mass is 79.9. The number of methoxy groups -OCH3 is 1. The number of carboxylic acid groups (broad SMARTS) is 1. The van der Waals surface area contributed by atoms with Crippen LogP contribution in [-0.2, 0) is 0 Å². The third kappa shape index (κ3) is 2.24. The van der Waals surface area contributed by atoms with E-state index in [1.807, 2.05) is 0 Å². The predicted octanol–water partition coefficient (Wildman–Crippen LogP) is 2.85. The van der Waals surface area contributed by atoms with Crippen LogP contribution in [0.3, 0.4) is 0 Å². The van der Waals surface area contributed by atoms with Crippen LogP contribution in [0.25, 0.3) is 11.3 Å². The maximum Gasteiger partial charge on any atom is 0.354 e. The molecule has 0 atom stereocenters. The van der Waals surface area contributed by atoms with Crippen molar-refractivity contribution in [2.24, 2.45) is 0 Å². The lowest BCUT2D eigenvalue weighted by atomic mass is 10.1. The smallest absolute Gasteiger partial charge is 0.354 e. The molecule has 6 heteroatoms. The number of rotatable bonds is 3. The van der Waals surface area contributed by atoms with Crippen molar-refractivity contribution in [1.29, 1.82) is 0 Å². The van der Waals surface area contributed by atoms with Crippen molar-refractivity contribution in [3.63, 3.8) is 0 Å². The fourth-order valence-electron chi connectivity index (χ4n) is 1.67. The van der Waals surface area contributed by atoms with Gasteiger partial charge in [-0.15, -0.1) is 0 Å². The molecule has 1 aromatic heterocycles. The highest BCUT2D eigenvalue weighted by Crippen LogP contribution is 2.31. The van der Waals surface area contributed by atoms with Crippen molar-refractivity contribution >= 4 is 21.9 Å². The zero-order valence-corrected chi connectivity index (χ0v) is 11.4. The molecule has 0 unspecified atom stereocenters. The standard InChI is InChI=1S/C12H11BrN2O3/c1-6-14-10(11(15-6)12(16)17)7-3-4-9(18-2)8(13)5-7/h3-5H,1-2H3,(H,14,15)(H,16,17). The van der Waals surface area contributed by atoms with Gasteiger partial charge in [0.2, 0.25) is 0 Å². The Morgan fingerprint density at radius 3 is 2.78 bits per heavy atom. The molecule has 0 aliphatic rings. The van der Waals surface area contributed by atoms with Gasteiger partial charge in [0.25, 0.3) is 0 Å². The fraction of sp³-hybridized carbons (Fsp3) is 0.167. The normalized spacial score (nSPS) is 10.4. The Kier molecular flexibility index (Phi) is 3.38. The number of hydrogen-bond donors (Lipinski definition) is 2. The number of aromatic carboxylic acids is 1. The second-order valence-corrected chi connectivity index (χ2v) is 4.55. The molecule has 94 valence electrons. The first-order chi connectivity index (χ1) is 8.52. The van der Waals surface area contributed by atoms with E-state index in [4.69, 9.17) is 9.84 Å². The van der Waals surface area contributed by atoms with Crippen molar-refractivity contribution in [2.75, 3.05) is 7.11 Å². The summed E-state index contributed by atoms with van der Waals surface area (Å²) in [4.78, 5) is 18.0. The van der Waals surface area contributed by atoms with Crippen LogP contribution in [0.15, 0.2) is 22.7 Å². The van der Waals surface area contributed by atoms with Crippen molar-refractivity contribution in [3.8, 4) is 17.0 Å². The van der Waals surface area contributed by atoms with Crippen molar-refractivity contribution in [2.45, 2.75) is 6.92 Å². The average molecular weight is 311 g/mol. The van der Waals surface area contributed by atoms with Gasteiger partial charge in [-0.3, -0.25) is 0 Å². The number of carbonyl (C=O) groups is 1. The van der Waals surface area contributed by atoms with E-state index in [-0.39, 0.29) is 5.69 Å². The summed E-state index contributed by atoms with van der Waals surface area (Å²) in [6, 6.07) is 5.31. The van der Waals surface area contributed by atoms with E-state index in [1.54, 1.807) is 32.2 Å². The van der Waals surface area contributed by atoms with Crippen molar-refractivity contribution in [3.05, 3.63) is 34.2 Å². The molecule has 0 bridgehead atoms. The second-order valence-electron chi connectivity index (χ2n) is 3.70. The fourth-order valence-corrected chi connectivity index (χ4v) is 2.21. The maximum absolute atomic E-state index is 11.1. The van der Waals surface area contributed by atoms with Crippen LogP contribution < -0.4 is 4.74 Å². The van der Waals surface area contributed by atoms with E-state index in [0.717, 1.165) is 4.47 Å². The van der Waals surface area contributed by atoms with Gasteiger partial charge < -0.3 is 14.8 Å². The van der Waals surface area contributed by atoms with Crippen LogP contribution in [0.2, 0.25) is 0 Å². The summed E-state index contributed by atoms with van der Waals surface area (Å²) in [5.74, 6) is 0.217. The summed E-state index contributed by atoms with van der Waals surface area (Å²) < 4.78 is 5.88. The molecule has 1 heterocycles. The molecular formula is C12H11BrN2O3. The highest BCUT2D eigenvalue weighted by Gasteiger charge is 2.17. The minimum Gasteiger partial charge on any atom is -0.496 e. The monoisotopic (exact) mass is 310 g/mol. The summed E-state index contributed by atoms with van der Waals surface area (Å²) in [6.45, 7) is 1.72. The molecule has 0 aliphatic carbocycles. The van der Waals surface area contributed by atoms with Gasteiger partial charge in [-0.2, -0.15) is 0 Å². The molecule has 0 saturated heterocycles. The van der Waals surface area contributed by atoms with Crippen LogP contribution >= 0.6 is 15.9 Å². The molecule has 0 amide bonds. The van der Waals surface area contributed by atoms with E-state index >= 15 is 0 Å². The van der Waals surface area contributed by atoms with Gasteiger partial charge in [0.1, 0.15) is 17.3 Å². The third-order valence-electron chi connectivity index (χ3n) is 2.46. The summed E-state index contributed by atoms with van der Waals surface area (Å²) in [7, 11) is 1.57. The Balaban J connectivity index is 2.55. The minimum absolute atomic E-state index is 0.0876. The van der Waals surface area contributed by atoms with E-state index in [9.17, 15) is 4.79 Å². The first kappa shape index (κ1) is 12.6. The number of aromatic nitrogens is 2. The Morgan fingerprint density at radius 1 is 1.50 bits per heavy atom. The lowest BCUT2D eigenvalue weighted by molar-refractivity contribution is 0.0692. The van der Waals surface area contributed by atoms with Crippen molar-refractivity contribution < 1.29 is 14.6 Å². The van der Waals surface area contributed by atoms with Gasteiger partial charge in [-0.05, 0) is 41.1 Å². The Labute approximate surface area is 112 Å². The van der Waals surface area contributed by atoms with E-state index in [0.29, 0.717) is 22.8 Å². The van der Waals surface area contributed by atoms with Crippen LogP contribution in [0.4, 0.5) is 0 Å². The molecule has 1 aromatic carbocycles. The van der Waals surface area contributed by atoms with Gasteiger partial charge in [-0.25, -0.2) is 9.78 Å². The van der Waals surface area contributed by atoms with Gasteiger partial charge in [0.05, 0.1) is 11.6 Å². The maximum atomic E-state index is 11.1. The summed E-state index contributed by atoms with van der Waals surface area (Å²) in [6.07, 6.45) is 0. The van der Waals surface area contributed by atoms with E-state index in [1.165, 1.54) is 0 Å². The summed E-state index contributed by atoms with van der Waals surface area (Å²) in [5, 5.41) is 9.10.